The van der Waals surface area contributed by atoms with Gasteiger partial charge in [-0.25, -0.2) is 4.79 Å². The molecule has 0 aromatic rings. The molecule has 0 saturated heterocycles. The van der Waals surface area contributed by atoms with Crippen molar-refractivity contribution in [3.63, 3.8) is 0 Å². The van der Waals surface area contributed by atoms with Gasteiger partial charge in [0.2, 0.25) is 5.91 Å². The Labute approximate surface area is 111 Å². The number of carbonyl (C=O) groups excluding carboxylic acids is 2. The van der Waals surface area contributed by atoms with Crippen LogP contribution in [0.3, 0.4) is 0 Å². The molecule has 0 rings (SSSR count). The molecule has 8 nitrogen and oxygen atoms in total. The van der Waals surface area contributed by atoms with Crippen LogP contribution in [0.4, 0.5) is 0 Å². The van der Waals surface area contributed by atoms with E-state index in [1.807, 2.05) is 0 Å². The van der Waals surface area contributed by atoms with Crippen LogP contribution in [0.25, 0.3) is 0 Å². The van der Waals surface area contributed by atoms with E-state index in [1.165, 1.54) is 14.2 Å². The SMILES string of the molecule is COCCOCC(=O)NC(CCC(=O)OC)C(=O)O. The molecule has 2 N–H and O–H groups in total. The number of carboxylic acid groups (broad SMARTS) is 1. The van der Waals surface area contributed by atoms with Crippen molar-refractivity contribution in [2.45, 2.75) is 18.9 Å². The summed E-state index contributed by atoms with van der Waals surface area (Å²) in [6.45, 7) is 0.327. The number of aliphatic carboxylic acids is 1. The van der Waals surface area contributed by atoms with E-state index < -0.39 is 23.9 Å². The number of rotatable bonds is 10. The minimum Gasteiger partial charge on any atom is -0.480 e. The van der Waals surface area contributed by atoms with E-state index in [2.05, 4.69) is 10.1 Å². The lowest BCUT2D eigenvalue weighted by Crippen LogP contribution is -2.42. The first-order chi connectivity index (χ1) is 9.01. The molecule has 0 heterocycles. The van der Waals surface area contributed by atoms with Crippen LogP contribution in [-0.2, 0) is 28.6 Å². The van der Waals surface area contributed by atoms with Crippen LogP contribution in [-0.4, -0.2) is 63.0 Å². The van der Waals surface area contributed by atoms with Crippen LogP contribution in [0, 0.1) is 0 Å². The van der Waals surface area contributed by atoms with Crippen molar-refractivity contribution in [3.05, 3.63) is 0 Å². The molecule has 0 bridgehead atoms. The zero-order valence-electron chi connectivity index (χ0n) is 11.0. The van der Waals surface area contributed by atoms with Gasteiger partial charge in [-0.3, -0.25) is 9.59 Å². The van der Waals surface area contributed by atoms with Gasteiger partial charge in [-0.1, -0.05) is 0 Å². The summed E-state index contributed by atoms with van der Waals surface area (Å²) in [6.07, 6.45) is -0.121. The maximum Gasteiger partial charge on any atom is 0.326 e. The lowest BCUT2D eigenvalue weighted by atomic mass is 10.1. The van der Waals surface area contributed by atoms with Crippen LogP contribution < -0.4 is 5.32 Å². The highest BCUT2D eigenvalue weighted by Gasteiger charge is 2.21. The predicted molar refractivity (Wildman–Crippen MR) is 63.5 cm³/mol. The van der Waals surface area contributed by atoms with Crippen molar-refractivity contribution in [1.29, 1.82) is 0 Å². The first-order valence-electron chi connectivity index (χ1n) is 5.67. The molecule has 0 aliphatic heterocycles. The van der Waals surface area contributed by atoms with Crippen LogP contribution in [0.2, 0.25) is 0 Å². The van der Waals surface area contributed by atoms with E-state index >= 15 is 0 Å². The normalized spacial score (nSPS) is 11.7. The molecule has 0 saturated carbocycles. The first-order valence-corrected chi connectivity index (χ1v) is 5.67. The number of hydrogen-bond donors (Lipinski definition) is 2. The van der Waals surface area contributed by atoms with Gasteiger partial charge in [0.15, 0.2) is 0 Å². The molecule has 1 unspecified atom stereocenters. The third-order valence-electron chi connectivity index (χ3n) is 2.16. The first kappa shape index (κ1) is 17.3. The van der Waals surface area contributed by atoms with Crippen molar-refractivity contribution < 1.29 is 33.7 Å². The van der Waals surface area contributed by atoms with Crippen molar-refractivity contribution >= 4 is 17.8 Å². The van der Waals surface area contributed by atoms with Gasteiger partial charge in [0.05, 0.1) is 20.3 Å². The highest BCUT2D eigenvalue weighted by molar-refractivity contribution is 5.84. The molecular weight excluding hydrogens is 258 g/mol. The summed E-state index contributed by atoms with van der Waals surface area (Å²) in [7, 11) is 2.71. The maximum atomic E-state index is 11.4. The minimum absolute atomic E-state index is 0.0359. The minimum atomic E-state index is -1.21. The molecule has 0 radical (unpaired) electrons. The highest BCUT2D eigenvalue weighted by Crippen LogP contribution is 1.99. The standard InChI is InChI=1S/C11H19NO7/c1-17-5-6-19-7-9(13)12-8(11(15)16)3-4-10(14)18-2/h8H,3-7H2,1-2H3,(H,12,13)(H,15,16). The molecule has 1 amide bonds. The average Bonchev–Trinajstić information content (AvgIpc) is 2.38. The number of esters is 1. The second-order valence-electron chi connectivity index (χ2n) is 3.62. The Balaban J connectivity index is 4.01. The number of amides is 1. The quantitative estimate of drug-likeness (QED) is 0.396. The van der Waals surface area contributed by atoms with E-state index in [0.29, 0.717) is 6.61 Å². The van der Waals surface area contributed by atoms with Gasteiger partial charge in [0.25, 0.3) is 0 Å². The molecular formula is C11H19NO7. The van der Waals surface area contributed by atoms with Crippen LogP contribution in [0.1, 0.15) is 12.8 Å². The number of methoxy groups -OCH3 is 2. The van der Waals surface area contributed by atoms with E-state index in [0.717, 1.165) is 0 Å². The predicted octanol–water partition coefficient (Wildman–Crippen LogP) is -0.828. The van der Waals surface area contributed by atoms with Crippen LogP contribution >= 0.6 is 0 Å². The number of nitrogens with one attached hydrogen (secondary N) is 1. The molecule has 0 spiro atoms. The third kappa shape index (κ3) is 8.97. The smallest absolute Gasteiger partial charge is 0.326 e. The number of carboxylic acids is 1. The zero-order valence-corrected chi connectivity index (χ0v) is 11.0. The van der Waals surface area contributed by atoms with E-state index in [1.54, 1.807) is 0 Å². The summed E-state index contributed by atoms with van der Waals surface area (Å²) < 4.78 is 14.1. The summed E-state index contributed by atoms with van der Waals surface area (Å²) in [5, 5.41) is 11.2. The van der Waals surface area contributed by atoms with Crippen molar-refractivity contribution in [3.8, 4) is 0 Å². The summed E-state index contributed by atoms with van der Waals surface area (Å²) in [5.74, 6) is -2.31. The zero-order chi connectivity index (χ0) is 14.7. The van der Waals surface area contributed by atoms with Crippen molar-refractivity contribution in [2.75, 3.05) is 34.0 Å². The topological polar surface area (TPSA) is 111 Å². The molecule has 0 aromatic heterocycles. The van der Waals surface area contributed by atoms with E-state index in [4.69, 9.17) is 14.6 Å². The Hall–Kier alpha value is -1.67. The van der Waals surface area contributed by atoms with E-state index in [9.17, 15) is 14.4 Å². The fourth-order valence-corrected chi connectivity index (χ4v) is 1.16. The number of ether oxygens (including phenoxy) is 3. The molecule has 0 fully saturated rings. The fourth-order valence-electron chi connectivity index (χ4n) is 1.16. The van der Waals surface area contributed by atoms with Crippen molar-refractivity contribution in [1.82, 2.24) is 5.32 Å². The van der Waals surface area contributed by atoms with Crippen LogP contribution in [0.5, 0.6) is 0 Å². The number of hydrogen-bond acceptors (Lipinski definition) is 6. The summed E-state index contributed by atoms with van der Waals surface area (Å²) in [5.41, 5.74) is 0. The average molecular weight is 277 g/mol. The molecule has 0 aromatic carbocycles. The molecule has 1 atom stereocenters. The Morgan fingerprint density at radius 2 is 1.89 bits per heavy atom. The molecule has 0 aliphatic rings. The summed E-state index contributed by atoms with van der Waals surface area (Å²) in [6, 6.07) is -1.14. The van der Waals surface area contributed by atoms with Gasteiger partial charge >= 0.3 is 11.9 Å². The van der Waals surface area contributed by atoms with Gasteiger partial charge in [-0.2, -0.15) is 0 Å². The summed E-state index contributed by atoms with van der Waals surface area (Å²) >= 11 is 0. The Morgan fingerprint density at radius 1 is 1.21 bits per heavy atom. The van der Waals surface area contributed by atoms with Crippen LogP contribution in [0.15, 0.2) is 0 Å². The maximum absolute atomic E-state index is 11.4. The Kier molecular flexibility index (Phi) is 9.37. The van der Waals surface area contributed by atoms with Crippen molar-refractivity contribution in [2.24, 2.45) is 0 Å². The second kappa shape index (κ2) is 10.3. The third-order valence-corrected chi connectivity index (χ3v) is 2.16. The lowest BCUT2D eigenvalue weighted by Gasteiger charge is -2.13. The van der Waals surface area contributed by atoms with Gasteiger partial charge in [-0.15, -0.1) is 0 Å². The van der Waals surface area contributed by atoms with Gasteiger partial charge in [-0.05, 0) is 6.42 Å². The lowest BCUT2D eigenvalue weighted by molar-refractivity contribution is -0.144. The molecule has 19 heavy (non-hydrogen) atoms. The molecule has 8 heteroatoms. The molecule has 0 aliphatic carbocycles. The highest BCUT2D eigenvalue weighted by atomic mass is 16.5. The largest absolute Gasteiger partial charge is 0.480 e. The van der Waals surface area contributed by atoms with Gasteiger partial charge in [0.1, 0.15) is 12.6 Å². The Bertz CT molecular complexity index is 305. The van der Waals surface area contributed by atoms with Gasteiger partial charge < -0.3 is 24.6 Å². The molecule has 110 valence electrons. The van der Waals surface area contributed by atoms with E-state index in [-0.39, 0.29) is 26.1 Å². The Morgan fingerprint density at radius 3 is 2.42 bits per heavy atom. The monoisotopic (exact) mass is 277 g/mol. The summed E-state index contributed by atoms with van der Waals surface area (Å²) in [4.78, 5) is 33.2. The second-order valence-corrected chi connectivity index (χ2v) is 3.62. The fraction of sp³-hybridized carbons (Fsp3) is 0.727. The number of carbonyl (C=O) groups is 3. The van der Waals surface area contributed by atoms with Gasteiger partial charge in [0, 0.05) is 13.5 Å².